The van der Waals surface area contributed by atoms with Gasteiger partial charge in [0.2, 0.25) is 0 Å². The molecule has 0 saturated heterocycles. The molecule has 0 atom stereocenters. The molecule has 0 unspecified atom stereocenters. The predicted molar refractivity (Wildman–Crippen MR) is 70.1 cm³/mol. The third-order valence-corrected chi connectivity index (χ3v) is 4.84. The van der Waals surface area contributed by atoms with Crippen molar-refractivity contribution in [3.63, 3.8) is 0 Å². The molecule has 0 saturated carbocycles. The Hall–Kier alpha value is -1.29. The third-order valence-electron chi connectivity index (χ3n) is 3.10. The molecular weight excluding hydrogens is 234 g/mol. The fraction of sp³-hybridized carbons (Fsp3) is 0.385. The lowest BCUT2D eigenvalue weighted by atomic mass is 10.1. The van der Waals surface area contributed by atoms with Crippen LogP contribution in [0.3, 0.4) is 0 Å². The summed E-state index contributed by atoms with van der Waals surface area (Å²) in [6.45, 7) is 5.62. The summed E-state index contributed by atoms with van der Waals surface area (Å²) in [6, 6.07) is 3.81. The molecule has 1 aromatic carbocycles. The smallest absolute Gasteiger partial charge is 0.180 e. The van der Waals surface area contributed by atoms with E-state index in [1.54, 1.807) is 13.0 Å². The summed E-state index contributed by atoms with van der Waals surface area (Å²) in [7, 11) is -1.29. The topological polar surface area (TPSA) is 39.1 Å². The molecule has 0 aliphatic rings. The van der Waals surface area contributed by atoms with E-state index in [0.29, 0.717) is 4.90 Å². The summed E-state index contributed by atoms with van der Waals surface area (Å²) in [5.74, 6) is 0.135. The molecular formula is C13H17NO2S. The standard InChI is InChI=1S/C13H17NO2S/c1-5-17(15,16)12-7-9(2)6-11-10(3)8-14(4)13(11)12/h6-8H,5H2,1-4H3. The quantitative estimate of drug-likeness (QED) is 0.823. The predicted octanol–water partition coefficient (Wildman–Crippen LogP) is 2.59. The number of hydrogen-bond acceptors (Lipinski definition) is 2. The van der Waals surface area contributed by atoms with Gasteiger partial charge in [0, 0.05) is 18.6 Å². The van der Waals surface area contributed by atoms with Crippen LogP contribution in [0.15, 0.2) is 23.2 Å². The van der Waals surface area contributed by atoms with Gasteiger partial charge in [-0.2, -0.15) is 0 Å². The van der Waals surface area contributed by atoms with Crippen LogP contribution in [0, 0.1) is 13.8 Å². The van der Waals surface area contributed by atoms with Crippen LogP contribution in [-0.2, 0) is 16.9 Å². The normalized spacial score (nSPS) is 12.2. The van der Waals surface area contributed by atoms with Gasteiger partial charge < -0.3 is 4.57 Å². The number of hydrogen-bond donors (Lipinski definition) is 0. The van der Waals surface area contributed by atoms with Gasteiger partial charge in [-0.15, -0.1) is 0 Å². The zero-order valence-electron chi connectivity index (χ0n) is 10.6. The number of aryl methyl sites for hydroxylation is 3. The van der Waals surface area contributed by atoms with Crippen LogP contribution in [0.2, 0.25) is 0 Å². The van der Waals surface area contributed by atoms with Gasteiger partial charge in [-0.05, 0) is 37.1 Å². The summed E-state index contributed by atoms with van der Waals surface area (Å²) in [6.07, 6.45) is 1.97. The second-order valence-corrected chi connectivity index (χ2v) is 6.73. The summed E-state index contributed by atoms with van der Waals surface area (Å²) in [5, 5.41) is 1.03. The summed E-state index contributed by atoms with van der Waals surface area (Å²) >= 11 is 0. The lowest BCUT2D eigenvalue weighted by molar-refractivity contribution is 0.597. The number of nitrogens with zero attached hydrogens (tertiary/aromatic N) is 1. The molecule has 3 nitrogen and oxygen atoms in total. The molecule has 0 fully saturated rings. The Morgan fingerprint density at radius 2 is 1.88 bits per heavy atom. The van der Waals surface area contributed by atoms with Crippen molar-refractivity contribution < 1.29 is 8.42 Å². The van der Waals surface area contributed by atoms with Crippen molar-refractivity contribution in [2.75, 3.05) is 5.75 Å². The Morgan fingerprint density at radius 1 is 1.24 bits per heavy atom. The van der Waals surface area contributed by atoms with Crippen LogP contribution in [0.1, 0.15) is 18.1 Å². The Morgan fingerprint density at radius 3 is 2.47 bits per heavy atom. The van der Waals surface area contributed by atoms with Crippen molar-refractivity contribution in [3.8, 4) is 0 Å². The Balaban J connectivity index is 2.98. The summed E-state index contributed by atoms with van der Waals surface area (Å²) < 4.78 is 26.1. The van der Waals surface area contributed by atoms with Gasteiger partial charge in [-0.3, -0.25) is 0 Å². The molecule has 0 radical (unpaired) electrons. The minimum atomic E-state index is -3.18. The number of aromatic nitrogens is 1. The van der Waals surface area contributed by atoms with Gasteiger partial charge in [0.1, 0.15) is 0 Å². The first kappa shape index (κ1) is 12.2. The van der Waals surface area contributed by atoms with E-state index in [-0.39, 0.29) is 5.75 Å². The van der Waals surface area contributed by atoms with Gasteiger partial charge in [0.25, 0.3) is 0 Å². The number of rotatable bonds is 2. The van der Waals surface area contributed by atoms with Gasteiger partial charge in [-0.1, -0.05) is 6.92 Å². The average molecular weight is 251 g/mol. The highest BCUT2D eigenvalue weighted by Crippen LogP contribution is 2.28. The fourth-order valence-corrected chi connectivity index (χ4v) is 3.45. The van der Waals surface area contributed by atoms with E-state index in [1.807, 2.05) is 37.7 Å². The van der Waals surface area contributed by atoms with E-state index in [2.05, 4.69) is 0 Å². The second kappa shape index (κ2) is 3.88. The third kappa shape index (κ3) is 1.86. The first-order valence-corrected chi connectivity index (χ1v) is 7.31. The molecule has 1 heterocycles. The Labute approximate surface area is 102 Å². The van der Waals surface area contributed by atoms with Gasteiger partial charge in [-0.25, -0.2) is 8.42 Å². The maximum Gasteiger partial charge on any atom is 0.180 e. The Kier molecular flexibility index (Phi) is 2.78. The Bertz CT molecular complexity index is 681. The molecule has 17 heavy (non-hydrogen) atoms. The molecule has 0 spiro atoms. The first-order chi connectivity index (χ1) is 7.86. The summed E-state index contributed by atoms with van der Waals surface area (Å²) in [5.41, 5.74) is 2.91. The SMILES string of the molecule is CCS(=O)(=O)c1cc(C)cc2c(C)cn(C)c12. The minimum Gasteiger partial charge on any atom is -0.349 e. The maximum absolute atomic E-state index is 12.1. The van der Waals surface area contributed by atoms with Crippen LogP contribution >= 0.6 is 0 Å². The molecule has 0 bridgehead atoms. The van der Waals surface area contributed by atoms with Crippen LogP contribution in [-0.4, -0.2) is 18.7 Å². The van der Waals surface area contributed by atoms with Gasteiger partial charge >= 0.3 is 0 Å². The largest absolute Gasteiger partial charge is 0.349 e. The highest BCUT2D eigenvalue weighted by atomic mass is 32.2. The van der Waals surface area contributed by atoms with Crippen molar-refractivity contribution in [2.45, 2.75) is 25.7 Å². The van der Waals surface area contributed by atoms with Crippen LogP contribution in [0.4, 0.5) is 0 Å². The van der Waals surface area contributed by atoms with Crippen molar-refractivity contribution in [3.05, 3.63) is 29.5 Å². The van der Waals surface area contributed by atoms with Gasteiger partial charge in [0.15, 0.2) is 9.84 Å². The van der Waals surface area contributed by atoms with Crippen molar-refractivity contribution >= 4 is 20.7 Å². The molecule has 0 amide bonds. The molecule has 0 N–H and O–H groups in total. The molecule has 2 aromatic rings. The highest BCUT2D eigenvalue weighted by molar-refractivity contribution is 7.91. The lowest BCUT2D eigenvalue weighted by Crippen LogP contribution is -2.06. The van der Waals surface area contributed by atoms with E-state index >= 15 is 0 Å². The van der Waals surface area contributed by atoms with Crippen molar-refractivity contribution in [2.24, 2.45) is 7.05 Å². The van der Waals surface area contributed by atoms with E-state index in [0.717, 1.165) is 22.0 Å². The molecule has 0 aliphatic heterocycles. The molecule has 1 aromatic heterocycles. The monoisotopic (exact) mass is 251 g/mol. The minimum absolute atomic E-state index is 0.135. The molecule has 2 rings (SSSR count). The van der Waals surface area contributed by atoms with Crippen molar-refractivity contribution in [1.82, 2.24) is 4.57 Å². The van der Waals surface area contributed by atoms with E-state index < -0.39 is 9.84 Å². The summed E-state index contributed by atoms with van der Waals surface area (Å²) in [4.78, 5) is 0.450. The van der Waals surface area contributed by atoms with E-state index in [4.69, 9.17) is 0 Å². The zero-order valence-corrected chi connectivity index (χ0v) is 11.4. The second-order valence-electron chi connectivity index (χ2n) is 4.49. The molecule has 92 valence electrons. The first-order valence-electron chi connectivity index (χ1n) is 5.66. The molecule has 4 heteroatoms. The van der Waals surface area contributed by atoms with Crippen LogP contribution < -0.4 is 0 Å². The lowest BCUT2D eigenvalue weighted by Gasteiger charge is -2.07. The van der Waals surface area contributed by atoms with Crippen molar-refractivity contribution in [1.29, 1.82) is 0 Å². The fourth-order valence-electron chi connectivity index (χ4n) is 2.23. The number of fused-ring (bicyclic) bond motifs is 1. The maximum atomic E-state index is 12.1. The number of sulfone groups is 1. The van der Waals surface area contributed by atoms with Crippen LogP contribution in [0.5, 0.6) is 0 Å². The molecule has 0 aliphatic carbocycles. The average Bonchev–Trinajstić information content (AvgIpc) is 2.53. The van der Waals surface area contributed by atoms with Crippen LogP contribution in [0.25, 0.3) is 10.9 Å². The van der Waals surface area contributed by atoms with E-state index in [9.17, 15) is 8.42 Å². The van der Waals surface area contributed by atoms with Gasteiger partial charge in [0.05, 0.1) is 16.2 Å². The number of benzene rings is 1. The zero-order chi connectivity index (χ0) is 12.8. The highest BCUT2D eigenvalue weighted by Gasteiger charge is 2.19. The van der Waals surface area contributed by atoms with E-state index in [1.165, 1.54) is 0 Å².